The quantitative estimate of drug-likeness (QED) is 0.171. The first-order valence-electron chi connectivity index (χ1n) is 19.9. The molecule has 1 aliphatic carbocycles. The molecule has 9 aromatic carbocycles. The van der Waals surface area contributed by atoms with Gasteiger partial charge in [-0.05, 0) is 92.9 Å². The summed E-state index contributed by atoms with van der Waals surface area (Å²) >= 11 is 0. The largest absolute Gasteiger partial charge is 0.309 e. The first-order valence-corrected chi connectivity index (χ1v) is 19.9. The van der Waals surface area contributed by atoms with E-state index in [-0.39, 0.29) is 5.41 Å². The van der Waals surface area contributed by atoms with Gasteiger partial charge in [0.05, 0.1) is 27.8 Å². The molecule has 57 heavy (non-hydrogen) atoms. The van der Waals surface area contributed by atoms with Gasteiger partial charge in [-0.25, -0.2) is 0 Å². The summed E-state index contributed by atoms with van der Waals surface area (Å²) < 4.78 is 4.97. The van der Waals surface area contributed by atoms with E-state index >= 15 is 0 Å². The molecule has 2 aromatic heterocycles. The maximum atomic E-state index is 2.53. The number of nitrogens with zero attached hydrogens (tertiary/aromatic N) is 2. The minimum Gasteiger partial charge on any atom is -0.309 e. The van der Waals surface area contributed by atoms with Gasteiger partial charge in [-0.1, -0.05) is 159 Å². The highest BCUT2D eigenvalue weighted by Crippen LogP contribution is 2.53. The highest BCUT2D eigenvalue weighted by molar-refractivity contribution is 6.17. The summed E-state index contributed by atoms with van der Waals surface area (Å²) in [6.07, 6.45) is 0. The second-order valence-corrected chi connectivity index (χ2v) is 16.1. The van der Waals surface area contributed by atoms with Crippen LogP contribution < -0.4 is 0 Å². The number of rotatable bonds is 4. The molecular formula is C55H38N2. The Hall–Kier alpha value is -7.16. The van der Waals surface area contributed by atoms with Crippen LogP contribution in [0.15, 0.2) is 194 Å². The van der Waals surface area contributed by atoms with E-state index in [1.165, 1.54) is 110 Å². The summed E-state index contributed by atoms with van der Waals surface area (Å²) in [6, 6.07) is 71.8. The molecule has 0 fully saturated rings. The van der Waals surface area contributed by atoms with E-state index in [4.69, 9.17) is 0 Å². The zero-order valence-electron chi connectivity index (χ0n) is 31.9. The molecule has 2 heteroatoms. The summed E-state index contributed by atoms with van der Waals surface area (Å²) in [5, 5.41) is 7.55. The third-order valence-electron chi connectivity index (χ3n) is 12.7. The molecule has 0 spiro atoms. The van der Waals surface area contributed by atoms with Crippen LogP contribution in [0.5, 0.6) is 0 Å². The van der Waals surface area contributed by atoms with Gasteiger partial charge in [0.15, 0.2) is 0 Å². The number of para-hydroxylation sites is 1. The van der Waals surface area contributed by atoms with Crippen LogP contribution in [0.1, 0.15) is 25.0 Å². The van der Waals surface area contributed by atoms with Crippen molar-refractivity contribution in [3.8, 4) is 44.8 Å². The maximum Gasteiger partial charge on any atom is 0.0622 e. The Bertz CT molecular complexity index is 3420. The standard InChI is InChI=1S/C55H38N2/c1-55(2)47-23-10-8-22-44(47)53-48(55)29-28-43-46-34-39(26-30-51(46)56(54(43)53)40-19-12-18-37(32-40)35-14-4-3-5-15-35)38-27-31-52-45(33-38)42-21-9-11-24-50(42)57(52)49-25-13-17-36-16-6-7-20-41(36)49/h3-34H,1-2H3. The highest BCUT2D eigenvalue weighted by Gasteiger charge is 2.37. The maximum absolute atomic E-state index is 2.53. The van der Waals surface area contributed by atoms with Gasteiger partial charge < -0.3 is 9.13 Å². The molecular weight excluding hydrogens is 689 g/mol. The van der Waals surface area contributed by atoms with Gasteiger partial charge in [0.1, 0.15) is 0 Å². The molecule has 0 atom stereocenters. The van der Waals surface area contributed by atoms with Crippen LogP contribution in [0, 0.1) is 0 Å². The molecule has 1 aliphatic rings. The van der Waals surface area contributed by atoms with Crippen LogP contribution in [0.2, 0.25) is 0 Å². The third-order valence-corrected chi connectivity index (χ3v) is 12.7. The lowest BCUT2D eigenvalue weighted by Crippen LogP contribution is -2.14. The lowest BCUT2D eigenvalue weighted by molar-refractivity contribution is 0.661. The third kappa shape index (κ3) is 4.59. The predicted octanol–water partition coefficient (Wildman–Crippen LogP) is 14.7. The van der Waals surface area contributed by atoms with Crippen LogP contribution in [0.4, 0.5) is 0 Å². The van der Waals surface area contributed by atoms with E-state index in [1.54, 1.807) is 0 Å². The van der Waals surface area contributed by atoms with Gasteiger partial charge in [-0.3, -0.25) is 0 Å². The van der Waals surface area contributed by atoms with Crippen molar-refractivity contribution < 1.29 is 0 Å². The Balaban J connectivity index is 1.11. The summed E-state index contributed by atoms with van der Waals surface area (Å²) in [7, 11) is 0. The second-order valence-electron chi connectivity index (χ2n) is 16.1. The summed E-state index contributed by atoms with van der Waals surface area (Å²) in [5.41, 5.74) is 17.5. The molecule has 2 nitrogen and oxygen atoms in total. The number of benzene rings is 9. The van der Waals surface area contributed by atoms with Crippen LogP contribution >= 0.6 is 0 Å². The molecule has 12 rings (SSSR count). The molecule has 0 saturated heterocycles. The molecule has 268 valence electrons. The molecule has 0 N–H and O–H groups in total. The Kier molecular flexibility index (Phi) is 6.72. The topological polar surface area (TPSA) is 9.86 Å². The van der Waals surface area contributed by atoms with Crippen molar-refractivity contribution in [1.82, 2.24) is 9.13 Å². The summed E-state index contributed by atoms with van der Waals surface area (Å²) in [5.74, 6) is 0. The highest BCUT2D eigenvalue weighted by atomic mass is 15.0. The van der Waals surface area contributed by atoms with Crippen molar-refractivity contribution in [2.24, 2.45) is 0 Å². The lowest BCUT2D eigenvalue weighted by atomic mass is 9.82. The fourth-order valence-electron chi connectivity index (χ4n) is 10.0. The van der Waals surface area contributed by atoms with Crippen molar-refractivity contribution in [2.45, 2.75) is 19.3 Å². The first kappa shape index (κ1) is 32.1. The molecule has 0 unspecified atom stereocenters. The summed E-state index contributed by atoms with van der Waals surface area (Å²) in [6.45, 7) is 4.75. The average molecular weight is 727 g/mol. The van der Waals surface area contributed by atoms with E-state index in [0.717, 1.165) is 0 Å². The number of hydrogen-bond donors (Lipinski definition) is 0. The van der Waals surface area contributed by atoms with Crippen molar-refractivity contribution in [3.63, 3.8) is 0 Å². The molecule has 11 aromatic rings. The van der Waals surface area contributed by atoms with E-state index < -0.39 is 0 Å². The van der Waals surface area contributed by atoms with Crippen molar-refractivity contribution in [1.29, 1.82) is 0 Å². The van der Waals surface area contributed by atoms with E-state index in [2.05, 4.69) is 217 Å². The Morgan fingerprint density at radius 1 is 0.368 bits per heavy atom. The first-order chi connectivity index (χ1) is 28.0. The van der Waals surface area contributed by atoms with Crippen molar-refractivity contribution >= 4 is 54.4 Å². The van der Waals surface area contributed by atoms with Gasteiger partial charge in [0, 0.05) is 43.6 Å². The predicted molar refractivity (Wildman–Crippen MR) is 241 cm³/mol. The summed E-state index contributed by atoms with van der Waals surface area (Å²) in [4.78, 5) is 0. The fourth-order valence-corrected chi connectivity index (χ4v) is 10.0. The molecule has 0 amide bonds. The molecule has 0 radical (unpaired) electrons. The SMILES string of the molecule is CC1(C)c2ccccc2-c2c1ccc1c3cc(-c4ccc5c(c4)c4ccccc4n5-c4cccc5ccccc45)ccc3n(-c3cccc(-c4ccccc4)c3)c21. The number of aromatic nitrogens is 2. The van der Waals surface area contributed by atoms with E-state index in [0.29, 0.717) is 0 Å². The lowest BCUT2D eigenvalue weighted by Gasteiger charge is -2.21. The zero-order chi connectivity index (χ0) is 37.8. The second kappa shape index (κ2) is 11.9. The molecule has 0 saturated carbocycles. The number of hydrogen-bond acceptors (Lipinski definition) is 0. The van der Waals surface area contributed by atoms with Gasteiger partial charge in [0.25, 0.3) is 0 Å². The van der Waals surface area contributed by atoms with Crippen LogP contribution in [-0.2, 0) is 5.41 Å². The minimum atomic E-state index is -0.0981. The monoisotopic (exact) mass is 726 g/mol. The molecule has 2 heterocycles. The Morgan fingerprint density at radius 3 is 1.82 bits per heavy atom. The van der Waals surface area contributed by atoms with Gasteiger partial charge in [0.2, 0.25) is 0 Å². The van der Waals surface area contributed by atoms with Crippen LogP contribution in [0.25, 0.3) is 99.1 Å². The average Bonchev–Trinajstić information content (AvgIpc) is 3.86. The van der Waals surface area contributed by atoms with Crippen molar-refractivity contribution in [2.75, 3.05) is 0 Å². The van der Waals surface area contributed by atoms with Crippen LogP contribution in [-0.4, -0.2) is 9.13 Å². The Morgan fingerprint density at radius 2 is 0.982 bits per heavy atom. The van der Waals surface area contributed by atoms with Gasteiger partial charge in [-0.15, -0.1) is 0 Å². The smallest absolute Gasteiger partial charge is 0.0622 e. The van der Waals surface area contributed by atoms with E-state index in [1.807, 2.05) is 0 Å². The molecule has 0 bridgehead atoms. The molecule has 0 aliphatic heterocycles. The van der Waals surface area contributed by atoms with Gasteiger partial charge >= 0.3 is 0 Å². The fraction of sp³-hybridized carbons (Fsp3) is 0.0545. The Labute approximate surface area is 331 Å². The van der Waals surface area contributed by atoms with E-state index in [9.17, 15) is 0 Å². The van der Waals surface area contributed by atoms with Gasteiger partial charge in [-0.2, -0.15) is 0 Å². The van der Waals surface area contributed by atoms with Crippen LogP contribution in [0.3, 0.4) is 0 Å². The number of fused-ring (bicyclic) bond motifs is 11. The normalized spacial score (nSPS) is 13.2. The van der Waals surface area contributed by atoms with Crippen molar-refractivity contribution in [3.05, 3.63) is 205 Å². The zero-order valence-corrected chi connectivity index (χ0v) is 31.9. The minimum absolute atomic E-state index is 0.0981.